The van der Waals surface area contributed by atoms with Gasteiger partial charge >= 0.3 is 0 Å². The van der Waals surface area contributed by atoms with Crippen molar-refractivity contribution in [3.8, 4) is 0 Å². The third kappa shape index (κ3) is 3.86. The van der Waals surface area contributed by atoms with Gasteiger partial charge in [0.25, 0.3) is 0 Å². The van der Waals surface area contributed by atoms with E-state index >= 15 is 0 Å². The highest BCUT2D eigenvalue weighted by molar-refractivity contribution is 5.16. The Hall–Kier alpha value is -0.870. The first kappa shape index (κ1) is 16.5. The molecule has 0 radical (unpaired) electrons. The Morgan fingerprint density at radius 1 is 1.24 bits per heavy atom. The molecular formula is C17H32N4. The molecular weight excluding hydrogens is 260 g/mol. The van der Waals surface area contributed by atoms with Gasteiger partial charge in [0, 0.05) is 23.8 Å². The SMILES string of the molecule is CCCn1cc(C(NC)C(C)(C)N2CCCCCC2)cn1. The Morgan fingerprint density at radius 3 is 2.48 bits per heavy atom. The van der Waals surface area contributed by atoms with Crippen LogP contribution in [-0.2, 0) is 6.54 Å². The molecule has 1 aromatic rings. The van der Waals surface area contributed by atoms with E-state index in [1.807, 2.05) is 6.20 Å². The average Bonchev–Trinajstić information content (AvgIpc) is 2.74. The van der Waals surface area contributed by atoms with Crippen LogP contribution in [0.15, 0.2) is 12.4 Å². The summed E-state index contributed by atoms with van der Waals surface area (Å²) >= 11 is 0. The number of likely N-dealkylation sites (N-methyl/N-ethyl adjacent to an activating group) is 1. The molecule has 1 atom stereocenters. The van der Waals surface area contributed by atoms with Gasteiger partial charge in [-0.15, -0.1) is 0 Å². The van der Waals surface area contributed by atoms with Gasteiger partial charge in [0.1, 0.15) is 0 Å². The smallest absolute Gasteiger partial charge is 0.0538 e. The van der Waals surface area contributed by atoms with Crippen LogP contribution < -0.4 is 5.32 Å². The standard InChI is InChI=1S/C17H32N4/c1-5-10-21-14-15(13-19-21)16(18-4)17(2,3)20-11-8-6-7-9-12-20/h13-14,16,18H,5-12H2,1-4H3. The summed E-state index contributed by atoms with van der Waals surface area (Å²) in [6.07, 6.45) is 10.8. The summed E-state index contributed by atoms with van der Waals surface area (Å²) in [6.45, 7) is 10.4. The molecule has 1 N–H and O–H groups in total. The highest BCUT2D eigenvalue weighted by Crippen LogP contribution is 2.32. The topological polar surface area (TPSA) is 33.1 Å². The number of aryl methyl sites for hydroxylation is 1. The number of likely N-dealkylation sites (tertiary alicyclic amines) is 1. The number of hydrogen-bond acceptors (Lipinski definition) is 3. The normalized spacial score (nSPS) is 19.4. The van der Waals surface area contributed by atoms with Crippen molar-refractivity contribution in [2.45, 2.75) is 71.0 Å². The summed E-state index contributed by atoms with van der Waals surface area (Å²) in [5.74, 6) is 0. The summed E-state index contributed by atoms with van der Waals surface area (Å²) in [4.78, 5) is 2.67. The molecule has 1 aliphatic rings. The highest BCUT2D eigenvalue weighted by atomic mass is 15.3. The fourth-order valence-electron chi connectivity index (χ4n) is 3.64. The van der Waals surface area contributed by atoms with Crippen LogP contribution >= 0.6 is 0 Å². The maximum Gasteiger partial charge on any atom is 0.0538 e. The van der Waals surface area contributed by atoms with Crippen LogP contribution in [-0.4, -0.2) is 40.4 Å². The van der Waals surface area contributed by atoms with Crippen molar-refractivity contribution in [2.75, 3.05) is 20.1 Å². The minimum atomic E-state index is 0.110. The zero-order valence-electron chi connectivity index (χ0n) is 14.2. The number of nitrogens with one attached hydrogen (secondary N) is 1. The van der Waals surface area contributed by atoms with Gasteiger partial charge in [-0.05, 0) is 53.2 Å². The first-order valence-corrected chi connectivity index (χ1v) is 8.54. The quantitative estimate of drug-likeness (QED) is 0.874. The molecule has 0 amide bonds. The summed E-state index contributed by atoms with van der Waals surface area (Å²) < 4.78 is 2.07. The van der Waals surface area contributed by atoms with E-state index in [4.69, 9.17) is 0 Å². The van der Waals surface area contributed by atoms with Crippen LogP contribution in [0.5, 0.6) is 0 Å². The maximum atomic E-state index is 4.51. The minimum absolute atomic E-state index is 0.110. The lowest BCUT2D eigenvalue weighted by Crippen LogP contribution is -2.52. The molecule has 1 unspecified atom stereocenters. The van der Waals surface area contributed by atoms with E-state index in [1.165, 1.54) is 44.3 Å². The van der Waals surface area contributed by atoms with Crippen LogP contribution in [0.25, 0.3) is 0 Å². The van der Waals surface area contributed by atoms with Crippen molar-refractivity contribution < 1.29 is 0 Å². The van der Waals surface area contributed by atoms with Gasteiger partial charge in [-0.3, -0.25) is 9.58 Å². The predicted molar refractivity (Wildman–Crippen MR) is 88.4 cm³/mol. The summed E-state index contributed by atoms with van der Waals surface area (Å²) in [6, 6.07) is 0.321. The maximum absolute atomic E-state index is 4.51. The summed E-state index contributed by atoms with van der Waals surface area (Å²) in [5, 5.41) is 8.05. The Bertz CT molecular complexity index is 416. The Balaban J connectivity index is 2.16. The lowest BCUT2D eigenvalue weighted by atomic mass is 9.88. The molecule has 0 saturated carbocycles. The largest absolute Gasteiger partial charge is 0.311 e. The molecule has 0 spiro atoms. The molecule has 1 aromatic heterocycles. The minimum Gasteiger partial charge on any atom is -0.311 e. The molecule has 0 aliphatic carbocycles. The molecule has 2 rings (SSSR count). The van der Waals surface area contributed by atoms with E-state index in [0.717, 1.165) is 13.0 Å². The van der Waals surface area contributed by atoms with Gasteiger partial charge in [0.2, 0.25) is 0 Å². The van der Waals surface area contributed by atoms with E-state index in [1.54, 1.807) is 0 Å². The second kappa shape index (κ2) is 7.41. The number of rotatable bonds is 6. The third-order valence-corrected chi connectivity index (χ3v) is 4.86. The first-order chi connectivity index (χ1) is 10.1. The molecule has 4 heteroatoms. The van der Waals surface area contributed by atoms with E-state index in [2.05, 4.69) is 54.0 Å². The lowest BCUT2D eigenvalue weighted by molar-refractivity contribution is 0.0864. The lowest BCUT2D eigenvalue weighted by Gasteiger charge is -2.43. The van der Waals surface area contributed by atoms with Crippen molar-refractivity contribution in [1.82, 2.24) is 20.0 Å². The zero-order chi connectivity index (χ0) is 15.3. The predicted octanol–water partition coefficient (Wildman–Crippen LogP) is 3.21. The van der Waals surface area contributed by atoms with Crippen molar-refractivity contribution in [2.24, 2.45) is 0 Å². The number of hydrogen-bond donors (Lipinski definition) is 1. The van der Waals surface area contributed by atoms with Gasteiger partial charge in [-0.2, -0.15) is 5.10 Å². The van der Waals surface area contributed by atoms with E-state index in [0.29, 0.717) is 6.04 Å². The summed E-state index contributed by atoms with van der Waals surface area (Å²) in [7, 11) is 2.07. The Kier molecular flexibility index (Phi) is 5.82. The van der Waals surface area contributed by atoms with Gasteiger partial charge < -0.3 is 5.32 Å². The van der Waals surface area contributed by atoms with Crippen LogP contribution in [0, 0.1) is 0 Å². The molecule has 2 heterocycles. The molecule has 1 saturated heterocycles. The molecule has 1 fully saturated rings. The number of nitrogens with zero attached hydrogens (tertiary/aromatic N) is 3. The Labute approximate surface area is 129 Å². The first-order valence-electron chi connectivity index (χ1n) is 8.54. The van der Waals surface area contributed by atoms with Crippen LogP contribution in [0.1, 0.15) is 64.5 Å². The fraction of sp³-hybridized carbons (Fsp3) is 0.824. The van der Waals surface area contributed by atoms with Gasteiger partial charge in [0.05, 0.1) is 12.2 Å². The van der Waals surface area contributed by atoms with Crippen molar-refractivity contribution in [3.05, 3.63) is 18.0 Å². The summed E-state index contributed by atoms with van der Waals surface area (Å²) in [5.41, 5.74) is 1.42. The van der Waals surface area contributed by atoms with E-state index in [-0.39, 0.29) is 5.54 Å². The van der Waals surface area contributed by atoms with Crippen LogP contribution in [0.4, 0.5) is 0 Å². The number of aromatic nitrogens is 2. The zero-order valence-corrected chi connectivity index (χ0v) is 14.2. The fourth-order valence-corrected chi connectivity index (χ4v) is 3.64. The highest BCUT2D eigenvalue weighted by Gasteiger charge is 2.36. The van der Waals surface area contributed by atoms with Gasteiger partial charge in [0.15, 0.2) is 0 Å². The second-order valence-electron chi connectivity index (χ2n) is 6.81. The second-order valence-corrected chi connectivity index (χ2v) is 6.81. The van der Waals surface area contributed by atoms with E-state index in [9.17, 15) is 0 Å². The van der Waals surface area contributed by atoms with Crippen LogP contribution in [0.3, 0.4) is 0 Å². The van der Waals surface area contributed by atoms with Crippen LogP contribution in [0.2, 0.25) is 0 Å². The molecule has 1 aliphatic heterocycles. The van der Waals surface area contributed by atoms with Gasteiger partial charge in [-0.25, -0.2) is 0 Å². The van der Waals surface area contributed by atoms with E-state index < -0.39 is 0 Å². The molecule has 0 bridgehead atoms. The monoisotopic (exact) mass is 292 g/mol. The molecule has 21 heavy (non-hydrogen) atoms. The molecule has 120 valence electrons. The molecule has 4 nitrogen and oxygen atoms in total. The molecule has 0 aromatic carbocycles. The Morgan fingerprint density at radius 2 is 1.90 bits per heavy atom. The van der Waals surface area contributed by atoms with Crippen molar-refractivity contribution >= 4 is 0 Å². The average molecular weight is 292 g/mol. The third-order valence-electron chi connectivity index (χ3n) is 4.86. The van der Waals surface area contributed by atoms with Crippen molar-refractivity contribution in [3.63, 3.8) is 0 Å². The van der Waals surface area contributed by atoms with Crippen molar-refractivity contribution in [1.29, 1.82) is 0 Å². The van der Waals surface area contributed by atoms with Gasteiger partial charge in [-0.1, -0.05) is 19.8 Å².